The summed E-state index contributed by atoms with van der Waals surface area (Å²) in [6.07, 6.45) is 5.62. The van der Waals surface area contributed by atoms with Crippen molar-refractivity contribution >= 4 is 27.3 Å². The molecule has 0 saturated carbocycles. The van der Waals surface area contributed by atoms with Crippen molar-refractivity contribution in [2.75, 3.05) is 32.4 Å². The number of amides is 1. The molecule has 1 aliphatic heterocycles. The Bertz CT molecular complexity index is 897. The Morgan fingerprint density at radius 2 is 1.96 bits per heavy atom. The van der Waals surface area contributed by atoms with Crippen LogP contribution in [-0.4, -0.2) is 76.2 Å². The van der Waals surface area contributed by atoms with Crippen molar-refractivity contribution in [1.82, 2.24) is 29.4 Å². The van der Waals surface area contributed by atoms with Crippen molar-refractivity contribution in [3.05, 3.63) is 22.3 Å². The van der Waals surface area contributed by atoms with Crippen LogP contribution in [0.1, 0.15) is 27.2 Å². The van der Waals surface area contributed by atoms with Gasteiger partial charge in [0.25, 0.3) is 5.91 Å². The topological polar surface area (TPSA) is 101 Å². The largest absolute Gasteiger partial charge is 0.336 e. The Balaban J connectivity index is 1.63. The number of piperazine rings is 1. The van der Waals surface area contributed by atoms with Gasteiger partial charge >= 0.3 is 0 Å². The number of carbonyl (C=O) groups excluding carboxylic acids is 1. The summed E-state index contributed by atoms with van der Waals surface area (Å²) < 4.78 is 26.3. The van der Waals surface area contributed by atoms with Crippen LogP contribution in [-0.2, 0) is 22.9 Å². The van der Waals surface area contributed by atoms with E-state index in [-0.39, 0.29) is 5.91 Å². The molecule has 25 heavy (non-hydrogen) atoms. The van der Waals surface area contributed by atoms with Gasteiger partial charge in [-0.15, -0.1) is 16.4 Å². The van der Waals surface area contributed by atoms with E-state index in [0.29, 0.717) is 31.7 Å². The summed E-state index contributed by atoms with van der Waals surface area (Å²) in [5, 5.41) is 12.0. The maximum absolute atomic E-state index is 13.2. The average molecular weight is 382 g/mol. The summed E-state index contributed by atoms with van der Waals surface area (Å²) in [4.78, 5) is 16.1. The highest BCUT2D eigenvalue weighted by Crippen LogP contribution is 2.38. The van der Waals surface area contributed by atoms with Crippen LogP contribution < -0.4 is 0 Å². The molecule has 0 radical (unpaired) electrons. The van der Waals surface area contributed by atoms with Crippen molar-refractivity contribution in [3.63, 3.8) is 0 Å². The van der Waals surface area contributed by atoms with Crippen molar-refractivity contribution < 1.29 is 13.2 Å². The summed E-state index contributed by atoms with van der Waals surface area (Å²) in [6.45, 7) is 1.45. The highest BCUT2D eigenvalue weighted by Gasteiger charge is 2.33. The van der Waals surface area contributed by atoms with Gasteiger partial charge in [-0.2, -0.15) is 8.99 Å². The second kappa shape index (κ2) is 6.15. The zero-order chi connectivity index (χ0) is 17.6. The molecule has 11 heteroatoms. The van der Waals surface area contributed by atoms with Gasteiger partial charge in [-0.25, -0.2) is 8.42 Å². The summed E-state index contributed by atoms with van der Waals surface area (Å²) >= 11 is 1.57. The molecule has 0 spiro atoms. The standard InChI is InChI=1S/C14H18N6O3S2/c1-25(22,23)19-7-5-18(6-8-19)13(21)12-10-3-2-4-11(10)24-14(12)20-9-15-16-17-20/h9H,2-8H2,1H3. The first-order chi connectivity index (χ1) is 11.9. The van der Waals surface area contributed by atoms with E-state index in [2.05, 4.69) is 15.5 Å². The lowest BCUT2D eigenvalue weighted by Gasteiger charge is -2.33. The first kappa shape index (κ1) is 16.6. The first-order valence-electron chi connectivity index (χ1n) is 8.07. The van der Waals surface area contributed by atoms with E-state index >= 15 is 0 Å². The second-order valence-electron chi connectivity index (χ2n) is 6.25. The molecule has 1 saturated heterocycles. The van der Waals surface area contributed by atoms with Gasteiger partial charge in [-0.1, -0.05) is 0 Å². The number of carbonyl (C=O) groups is 1. The lowest BCUT2D eigenvalue weighted by molar-refractivity contribution is 0.0697. The zero-order valence-electron chi connectivity index (χ0n) is 13.8. The number of aryl methyl sites for hydroxylation is 1. The number of sulfonamides is 1. The molecule has 2 aromatic heterocycles. The molecule has 0 bridgehead atoms. The van der Waals surface area contributed by atoms with Crippen LogP contribution >= 0.6 is 11.3 Å². The molecule has 0 N–H and O–H groups in total. The van der Waals surface area contributed by atoms with Gasteiger partial charge in [0, 0.05) is 31.1 Å². The number of aromatic nitrogens is 4. The fourth-order valence-electron chi connectivity index (χ4n) is 3.41. The number of hydrogen-bond donors (Lipinski definition) is 0. The maximum Gasteiger partial charge on any atom is 0.257 e. The number of tetrazole rings is 1. The number of fused-ring (bicyclic) bond motifs is 1. The molecule has 4 rings (SSSR count). The van der Waals surface area contributed by atoms with Gasteiger partial charge in [0.1, 0.15) is 11.3 Å². The monoisotopic (exact) mass is 382 g/mol. The number of nitrogens with zero attached hydrogens (tertiary/aromatic N) is 6. The Labute approximate surface area is 149 Å². The number of thiophene rings is 1. The fourth-order valence-corrected chi connectivity index (χ4v) is 5.53. The molecule has 1 amide bonds. The van der Waals surface area contributed by atoms with Gasteiger partial charge in [0.05, 0.1) is 11.8 Å². The molecule has 2 aromatic rings. The van der Waals surface area contributed by atoms with Crippen molar-refractivity contribution in [2.24, 2.45) is 0 Å². The van der Waals surface area contributed by atoms with Crippen LogP contribution in [0.15, 0.2) is 6.33 Å². The van der Waals surface area contributed by atoms with Crippen molar-refractivity contribution in [2.45, 2.75) is 19.3 Å². The lowest BCUT2D eigenvalue weighted by atomic mass is 10.1. The van der Waals surface area contributed by atoms with Crippen LogP contribution in [0.25, 0.3) is 5.00 Å². The SMILES string of the molecule is CS(=O)(=O)N1CCN(C(=O)c2c(-n3cnnn3)sc3c2CCC3)CC1. The Morgan fingerprint density at radius 1 is 1.20 bits per heavy atom. The lowest BCUT2D eigenvalue weighted by Crippen LogP contribution is -2.50. The smallest absolute Gasteiger partial charge is 0.257 e. The van der Waals surface area contributed by atoms with E-state index in [1.807, 2.05) is 0 Å². The summed E-state index contributed by atoms with van der Waals surface area (Å²) in [5.74, 6) is -0.0574. The van der Waals surface area contributed by atoms with E-state index < -0.39 is 10.0 Å². The summed E-state index contributed by atoms with van der Waals surface area (Å²) in [7, 11) is -3.22. The molecule has 9 nitrogen and oxygen atoms in total. The fraction of sp³-hybridized carbons (Fsp3) is 0.571. The molecular formula is C14H18N6O3S2. The summed E-state index contributed by atoms with van der Waals surface area (Å²) in [6, 6.07) is 0. The first-order valence-corrected chi connectivity index (χ1v) is 10.7. The van der Waals surface area contributed by atoms with Crippen LogP contribution in [0.4, 0.5) is 0 Å². The quantitative estimate of drug-likeness (QED) is 0.736. The normalized spacial score (nSPS) is 18.5. The Hall–Kier alpha value is -1.85. The molecule has 0 atom stereocenters. The highest BCUT2D eigenvalue weighted by atomic mass is 32.2. The molecule has 1 fully saturated rings. The predicted molar refractivity (Wildman–Crippen MR) is 91.4 cm³/mol. The molecule has 3 heterocycles. The van der Waals surface area contributed by atoms with Crippen LogP contribution in [0.3, 0.4) is 0 Å². The number of hydrogen-bond acceptors (Lipinski definition) is 7. The van der Waals surface area contributed by atoms with Gasteiger partial charge in [0.2, 0.25) is 10.0 Å². The minimum absolute atomic E-state index is 0.0574. The van der Waals surface area contributed by atoms with Crippen LogP contribution in [0, 0.1) is 0 Å². The third-order valence-electron chi connectivity index (χ3n) is 4.67. The molecule has 1 aliphatic carbocycles. The van der Waals surface area contributed by atoms with Crippen molar-refractivity contribution in [3.8, 4) is 5.00 Å². The summed E-state index contributed by atoms with van der Waals surface area (Å²) in [5.41, 5.74) is 1.78. The van der Waals surface area contributed by atoms with E-state index in [9.17, 15) is 13.2 Å². The minimum atomic E-state index is -3.22. The third kappa shape index (κ3) is 2.96. The molecule has 134 valence electrons. The van der Waals surface area contributed by atoms with Gasteiger partial charge < -0.3 is 4.90 Å². The Morgan fingerprint density at radius 3 is 2.60 bits per heavy atom. The van der Waals surface area contributed by atoms with E-state index in [1.54, 1.807) is 20.9 Å². The molecule has 2 aliphatic rings. The maximum atomic E-state index is 13.2. The molecule has 0 aromatic carbocycles. The van der Waals surface area contributed by atoms with E-state index in [0.717, 1.165) is 29.8 Å². The number of rotatable bonds is 3. The Kier molecular flexibility index (Phi) is 4.08. The average Bonchev–Trinajstić information content (AvgIpc) is 3.29. The highest BCUT2D eigenvalue weighted by molar-refractivity contribution is 7.88. The van der Waals surface area contributed by atoms with Crippen LogP contribution in [0.2, 0.25) is 0 Å². The molecular weight excluding hydrogens is 364 g/mol. The van der Waals surface area contributed by atoms with Crippen LogP contribution in [0.5, 0.6) is 0 Å². The third-order valence-corrected chi connectivity index (χ3v) is 7.25. The van der Waals surface area contributed by atoms with Crippen molar-refractivity contribution in [1.29, 1.82) is 0 Å². The predicted octanol–water partition coefficient (Wildman–Crippen LogP) is -0.0701. The minimum Gasteiger partial charge on any atom is -0.336 e. The van der Waals surface area contributed by atoms with E-state index in [1.165, 1.54) is 21.8 Å². The molecule has 0 unspecified atom stereocenters. The van der Waals surface area contributed by atoms with Gasteiger partial charge in [0.15, 0.2) is 0 Å². The van der Waals surface area contributed by atoms with Gasteiger partial charge in [-0.05, 0) is 35.3 Å². The van der Waals surface area contributed by atoms with E-state index in [4.69, 9.17) is 0 Å². The zero-order valence-corrected chi connectivity index (χ0v) is 15.4. The van der Waals surface area contributed by atoms with Gasteiger partial charge in [-0.3, -0.25) is 4.79 Å². The second-order valence-corrected chi connectivity index (χ2v) is 9.31.